The second-order valence-corrected chi connectivity index (χ2v) is 15.4. The van der Waals surface area contributed by atoms with Gasteiger partial charge in [-0.2, -0.15) is 0 Å². The Balaban J connectivity index is 1.10. The third-order valence-electron chi connectivity index (χ3n) is 11.8. The normalized spacial score (nSPS) is 13.4. The van der Waals surface area contributed by atoms with Crippen LogP contribution in [0.4, 0.5) is 17.1 Å². The quantitative estimate of drug-likeness (QED) is 0.149. The summed E-state index contributed by atoms with van der Waals surface area (Å²) in [6.07, 6.45) is 0. The van der Waals surface area contributed by atoms with Crippen molar-refractivity contribution in [3.63, 3.8) is 0 Å². The Kier molecular flexibility index (Phi) is 6.76. The molecule has 2 nitrogen and oxygen atoms in total. The first kappa shape index (κ1) is 28.3. The van der Waals surface area contributed by atoms with Gasteiger partial charge in [-0.15, -0.1) is 0 Å². The van der Waals surface area contributed by atoms with Gasteiger partial charge in [0.15, 0.2) is 0 Å². The highest BCUT2D eigenvalue weighted by Crippen LogP contribution is 2.46. The number of fused-ring (bicyclic) bond motifs is 7. The van der Waals surface area contributed by atoms with Gasteiger partial charge in [0.05, 0.1) is 16.7 Å². The molecule has 0 aliphatic heterocycles. The zero-order chi connectivity index (χ0) is 47.9. The molecule has 0 spiro atoms. The average molecular weight is 798 g/mol. The first-order valence-corrected chi connectivity index (χ1v) is 20.6. The van der Waals surface area contributed by atoms with Crippen LogP contribution >= 0.6 is 0 Å². The molecule has 0 aliphatic rings. The molecule has 0 amide bonds. The molecule has 0 radical (unpaired) electrons. The summed E-state index contributed by atoms with van der Waals surface area (Å²) in [7, 11) is 0. The number of hydrogen-bond acceptors (Lipinski definition) is 2. The van der Waals surface area contributed by atoms with Gasteiger partial charge < -0.3 is 9.32 Å². The predicted molar refractivity (Wildman–Crippen MR) is 263 cm³/mol. The van der Waals surface area contributed by atoms with Gasteiger partial charge >= 0.3 is 0 Å². The van der Waals surface area contributed by atoms with E-state index in [1.54, 1.807) is 24.3 Å². The molecule has 1 aromatic heterocycles. The van der Waals surface area contributed by atoms with Gasteiger partial charge in [0.25, 0.3) is 0 Å². The molecule has 0 aliphatic carbocycles. The van der Waals surface area contributed by atoms with Crippen molar-refractivity contribution in [2.24, 2.45) is 0 Å². The smallest absolute Gasteiger partial charge is 0.136 e. The Labute approximate surface area is 371 Å². The summed E-state index contributed by atoms with van der Waals surface area (Å²) < 4.78 is 84.2. The van der Waals surface area contributed by atoms with Crippen LogP contribution in [-0.2, 0) is 0 Å². The summed E-state index contributed by atoms with van der Waals surface area (Å²) in [5.41, 5.74) is 5.53. The van der Waals surface area contributed by atoms with Crippen LogP contribution in [0.1, 0.15) is 11.0 Å². The SMILES string of the molecule is [2H]c1c([2H])c(N(c2ccccc2-c2cccc3oc4cc5ccccc5cc4c23)c2c([2H])c([2H])c(-c3ccc4c(ccc5ccccc54)c3)c([2H])c2[2H])c([2H])c([2H])c1-c1ccc(-c2ccccc2)cc1. The number of rotatable bonds is 7. The highest BCUT2D eigenvalue weighted by atomic mass is 16.3. The maximum absolute atomic E-state index is 9.84. The summed E-state index contributed by atoms with van der Waals surface area (Å²) in [6.45, 7) is 0. The summed E-state index contributed by atoms with van der Waals surface area (Å²) in [5, 5.41) is 7.68. The lowest BCUT2D eigenvalue weighted by atomic mass is 9.95. The standard InChI is InChI=1S/C60H39NO/c1-2-11-40(12-3-1)41-21-23-42(24-22-41)43-27-32-50(33-28-43)61(51-34-29-44(30-35-51)48-31-36-53-49(37-48)26-25-45-13-6-7-16-52(45)53)57-19-9-8-17-54(57)55-18-10-20-58-60(55)56-38-46-14-4-5-15-47(46)39-59(56)62-58/h1-39H/i27D,28D,29D,30D,32D,33D,34D,35D. The van der Waals surface area contributed by atoms with E-state index in [0.717, 1.165) is 54.2 Å². The van der Waals surface area contributed by atoms with Crippen LogP contribution in [-0.4, -0.2) is 0 Å². The van der Waals surface area contributed by atoms with Crippen molar-refractivity contribution < 1.29 is 15.4 Å². The molecule has 0 saturated carbocycles. The average Bonchev–Trinajstić information content (AvgIpc) is 3.76. The molecule has 2 heteroatoms. The molecule has 1 heterocycles. The van der Waals surface area contributed by atoms with Gasteiger partial charge in [-0.1, -0.05) is 182 Å². The highest BCUT2D eigenvalue weighted by Gasteiger charge is 2.21. The molecular weight excluding hydrogens is 751 g/mol. The fraction of sp³-hybridized carbons (Fsp3) is 0. The molecule has 0 saturated heterocycles. The zero-order valence-electron chi connectivity index (χ0n) is 41.3. The van der Waals surface area contributed by atoms with Crippen molar-refractivity contribution in [3.8, 4) is 44.5 Å². The molecule has 0 atom stereocenters. The van der Waals surface area contributed by atoms with Gasteiger partial charge in [-0.25, -0.2) is 0 Å². The fourth-order valence-corrected chi connectivity index (χ4v) is 8.74. The van der Waals surface area contributed by atoms with Crippen LogP contribution in [0.25, 0.3) is 98.8 Å². The minimum Gasteiger partial charge on any atom is -0.456 e. The molecule has 0 N–H and O–H groups in total. The Hall–Kier alpha value is -8.20. The Bertz CT molecular complexity index is 4050. The number of hydrogen-bond donors (Lipinski definition) is 0. The number of anilines is 3. The van der Waals surface area contributed by atoms with Crippen LogP contribution in [0.2, 0.25) is 0 Å². The molecule has 290 valence electrons. The van der Waals surface area contributed by atoms with Crippen LogP contribution in [0.15, 0.2) is 241 Å². The van der Waals surface area contributed by atoms with Crippen LogP contribution < -0.4 is 4.90 Å². The molecule has 11 aromatic carbocycles. The first-order chi connectivity index (χ1) is 34.1. The van der Waals surface area contributed by atoms with Gasteiger partial charge in [-0.3, -0.25) is 0 Å². The molecule has 12 rings (SSSR count). The van der Waals surface area contributed by atoms with Crippen molar-refractivity contribution in [1.29, 1.82) is 0 Å². The predicted octanol–water partition coefficient (Wildman–Crippen LogP) is 17.2. The van der Waals surface area contributed by atoms with E-state index >= 15 is 0 Å². The fourth-order valence-electron chi connectivity index (χ4n) is 8.74. The van der Waals surface area contributed by atoms with Gasteiger partial charge in [-0.05, 0) is 126 Å². The minimum atomic E-state index is -0.418. The molecule has 0 fully saturated rings. The largest absolute Gasteiger partial charge is 0.456 e. The van der Waals surface area contributed by atoms with Gasteiger partial charge in [0.2, 0.25) is 0 Å². The number of para-hydroxylation sites is 1. The monoisotopic (exact) mass is 797 g/mol. The van der Waals surface area contributed by atoms with E-state index in [2.05, 4.69) is 6.07 Å². The van der Waals surface area contributed by atoms with E-state index in [9.17, 15) is 11.0 Å². The molecule has 0 unspecified atom stereocenters. The Morgan fingerprint density at radius 2 is 0.871 bits per heavy atom. The van der Waals surface area contributed by atoms with Crippen LogP contribution in [0.3, 0.4) is 0 Å². The lowest BCUT2D eigenvalue weighted by molar-refractivity contribution is 0.669. The van der Waals surface area contributed by atoms with Crippen molar-refractivity contribution in [2.45, 2.75) is 0 Å². The third-order valence-corrected chi connectivity index (χ3v) is 11.8. The molecular formula is C60H39NO. The Morgan fingerprint density at radius 3 is 1.63 bits per heavy atom. The first-order valence-electron chi connectivity index (χ1n) is 24.6. The highest BCUT2D eigenvalue weighted by molar-refractivity contribution is 6.16. The van der Waals surface area contributed by atoms with Crippen molar-refractivity contribution >= 4 is 71.3 Å². The van der Waals surface area contributed by atoms with Crippen molar-refractivity contribution in [1.82, 2.24) is 0 Å². The van der Waals surface area contributed by atoms with E-state index in [-0.39, 0.29) is 46.7 Å². The minimum absolute atomic E-state index is 0.0902. The van der Waals surface area contributed by atoms with E-state index in [1.807, 2.05) is 158 Å². The molecule has 0 bridgehead atoms. The molecule has 12 aromatic rings. The lowest BCUT2D eigenvalue weighted by Gasteiger charge is -2.28. The van der Waals surface area contributed by atoms with E-state index in [4.69, 9.17) is 4.42 Å². The second kappa shape index (κ2) is 14.8. The number of benzene rings is 11. The maximum Gasteiger partial charge on any atom is 0.136 e. The topological polar surface area (TPSA) is 16.4 Å². The van der Waals surface area contributed by atoms with Crippen molar-refractivity contribution in [3.05, 3.63) is 236 Å². The summed E-state index contributed by atoms with van der Waals surface area (Å²) in [5.74, 6) is 0. The summed E-state index contributed by atoms with van der Waals surface area (Å²) in [6, 6.07) is 57.0. The van der Waals surface area contributed by atoms with Crippen LogP contribution in [0, 0.1) is 0 Å². The lowest BCUT2D eigenvalue weighted by Crippen LogP contribution is -2.11. The number of nitrogens with zero attached hydrogens (tertiary/aromatic N) is 1. The summed E-state index contributed by atoms with van der Waals surface area (Å²) >= 11 is 0. The number of furan rings is 1. The van der Waals surface area contributed by atoms with E-state index in [0.29, 0.717) is 39.1 Å². The molecule has 62 heavy (non-hydrogen) atoms. The zero-order valence-corrected chi connectivity index (χ0v) is 33.3. The summed E-state index contributed by atoms with van der Waals surface area (Å²) in [4.78, 5) is 1.39. The van der Waals surface area contributed by atoms with E-state index < -0.39 is 24.2 Å². The van der Waals surface area contributed by atoms with Gasteiger partial charge in [0, 0.05) is 27.7 Å². The third kappa shape index (κ3) is 6.20. The maximum atomic E-state index is 9.84. The van der Waals surface area contributed by atoms with Gasteiger partial charge in [0.1, 0.15) is 11.2 Å². The van der Waals surface area contributed by atoms with E-state index in [1.165, 1.54) is 4.90 Å². The van der Waals surface area contributed by atoms with Crippen LogP contribution in [0.5, 0.6) is 0 Å². The van der Waals surface area contributed by atoms with Crippen molar-refractivity contribution in [2.75, 3.05) is 4.90 Å². The second-order valence-electron chi connectivity index (χ2n) is 15.4. The Morgan fingerprint density at radius 1 is 0.323 bits per heavy atom.